The predicted molar refractivity (Wildman–Crippen MR) is 67.2 cm³/mol. The second-order valence-electron chi connectivity index (χ2n) is 5.38. The fourth-order valence-electron chi connectivity index (χ4n) is 2.32. The number of ether oxygens (including phenoxy) is 1. The van der Waals surface area contributed by atoms with E-state index in [9.17, 15) is 4.79 Å². The third-order valence-electron chi connectivity index (χ3n) is 3.47. The van der Waals surface area contributed by atoms with Gasteiger partial charge in [-0.2, -0.15) is 0 Å². The average molecular weight is 243 g/mol. The molecule has 100 valence electrons. The summed E-state index contributed by atoms with van der Waals surface area (Å²) in [4.78, 5) is 12.8. The first-order valence-electron chi connectivity index (χ1n) is 6.56. The number of unbranched alkanes of at least 4 members (excludes halogenated alkanes) is 2. The summed E-state index contributed by atoms with van der Waals surface area (Å²) >= 11 is 0. The van der Waals surface area contributed by atoms with Crippen molar-refractivity contribution in [3.63, 3.8) is 0 Å². The highest BCUT2D eigenvalue weighted by Gasteiger charge is 2.41. The van der Waals surface area contributed by atoms with Crippen molar-refractivity contribution in [2.75, 3.05) is 19.7 Å². The quantitative estimate of drug-likeness (QED) is 0.663. The maximum absolute atomic E-state index is 10.4. The van der Waals surface area contributed by atoms with Crippen molar-refractivity contribution >= 4 is 5.97 Å². The van der Waals surface area contributed by atoms with Gasteiger partial charge in [-0.3, -0.25) is 4.90 Å². The number of likely N-dealkylation sites (tertiary alicyclic amines) is 1. The minimum Gasteiger partial charge on any atom is -0.480 e. The average Bonchev–Trinajstić information content (AvgIpc) is 2.22. The van der Waals surface area contributed by atoms with Crippen molar-refractivity contribution in [1.29, 1.82) is 0 Å². The Morgan fingerprint density at radius 1 is 1.47 bits per heavy atom. The van der Waals surface area contributed by atoms with Crippen molar-refractivity contribution in [3.8, 4) is 0 Å². The zero-order chi connectivity index (χ0) is 12.9. The Hall–Kier alpha value is -0.610. The lowest BCUT2D eigenvalue weighted by atomic mass is 9.93. The molecule has 4 nitrogen and oxygen atoms in total. The summed E-state index contributed by atoms with van der Waals surface area (Å²) in [6.45, 7) is 7.97. The van der Waals surface area contributed by atoms with Crippen LogP contribution in [0, 0.1) is 0 Å². The molecule has 1 saturated heterocycles. The van der Waals surface area contributed by atoms with Gasteiger partial charge in [0.15, 0.2) is 0 Å². The van der Waals surface area contributed by atoms with Crippen LogP contribution < -0.4 is 0 Å². The Labute approximate surface area is 104 Å². The SMILES string of the molecule is CCCCCC(C)N1CC(C)(OCC(=O)O)C1. The zero-order valence-electron chi connectivity index (χ0n) is 11.2. The number of carboxylic acid groups (broad SMARTS) is 1. The molecule has 17 heavy (non-hydrogen) atoms. The molecule has 1 aliphatic rings. The summed E-state index contributed by atoms with van der Waals surface area (Å²) in [6.07, 6.45) is 5.06. The largest absolute Gasteiger partial charge is 0.480 e. The topological polar surface area (TPSA) is 49.8 Å². The number of aliphatic carboxylic acids is 1. The van der Waals surface area contributed by atoms with Gasteiger partial charge in [0, 0.05) is 19.1 Å². The van der Waals surface area contributed by atoms with Gasteiger partial charge < -0.3 is 9.84 Å². The van der Waals surface area contributed by atoms with Crippen LogP contribution >= 0.6 is 0 Å². The summed E-state index contributed by atoms with van der Waals surface area (Å²) < 4.78 is 5.39. The first-order chi connectivity index (χ1) is 7.97. The highest BCUT2D eigenvalue weighted by molar-refractivity contribution is 5.68. The van der Waals surface area contributed by atoms with Crippen molar-refractivity contribution in [1.82, 2.24) is 4.90 Å². The second kappa shape index (κ2) is 6.36. The van der Waals surface area contributed by atoms with E-state index in [4.69, 9.17) is 9.84 Å². The first kappa shape index (κ1) is 14.5. The molecule has 0 radical (unpaired) electrons. The van der Waals surface area contributed by atoms with Crippen molar-refractivity contribution in [2.24, 2.45) is 0 Å². The molecule has 1 heterocycles. The minimum absolute atomic E-state index is 0.186. The lowest BCUT2D eigenvalue weighted by Crippen LogP contribution is -2.64. The van der Waals surface area contributed by atoms with Gasteiger partial charge in [-0.1, -0.05) is 26.2 Å². The molecule has 0 bridgehead atoms. The zero-order valence-corrected chi connectivity index (χ0v) is 11.2. The lowest BCUT2D eigenvalue weighted by Gasteiger charge is -2.50. The van der Waals surface area contributed by atoms with Gasteiger partial charge in [0.1, 0.15) is 6.61 Å². The van der Waals surface area contributed by atoms with Gasteiger partial charge in [0.25, 0.3) is 0 Å². The predicted octanol–water partition coefficient (Wildman–Crippen LogP) is 2.13. The van der Waals surface area contributed by atoms with Gasteiger partial charge in [-0.15, -0.1) is 0 Å². The van der Waals surface area contributed by atoms with E-state index >= 15 is 0 Å². The Morgan fingerprint density at radius 3 is 2.65 bits per heavy atom. The summed E-state index contributed by atoms with van der Waals surface area (Å²) in [6, 6.07) is 0.586. The van der Waals surface area contributed by atoms with E-state index in [1.807, 2.05) is 6.92 Å². The molecule has 0 amide bonds. The van der Waals surface area contributed by atoms with Gasteiger partial charge in [0.2, 0.25) is 0 Å². The third kappa shape index (κ3) is 4.64. The number of hydrogen-bond donors (Lipinski definition) is 1. The fraction of sp³-hybridized carbons (Fsp3) is 0.923. The van der Waals surface area contributed by atoms with Crippen LogP contribution in [0.2, 0.25) is 0 Å². The summed E-state index contributed by atoms with van der Waals surface area (Å²) in [7, 11) is 0. The molecule has 0 aromatic heterocycles. The fourth-order valence-corrected chi connectivity index (χ4v) is 2.32. The highest BCUT2D eigenvalue weighted by Crippen LogP contribution is 2.28. The van der Waals surface area contributed by atoms with E-state index in [2.05, 4.69) is 18.7 Å². The van der Waals surface area contributed by atoms with Crippen LogP contribution in [-0.2, 0) is 9.53 Å². The standard InChI is InChI=1S/C13H25NO3/c1-4-5-6-7-11(2)14-9-13(3,10-14)17-8-12(15)16/h11H,4-10H2,1-3H3,(H,15,16). The third-order valence-corrected chi connectivity index (χ3v) is 3.47. The number of hydrogen-bond acceptors (Lipinski definition) is 3. The molecule has 1 fully saturated rings. The van der Waals surface area contributed by atoms with Crippen LogP contribution in [-0.4, -0.2) is 47.3 Å². The second-order valence-corrected chi connectivity index (χ2v) is 5.38. The number of carbonyl (C=O) groups is 1. The van der Waals surface area contributed by atoms with E-state index in [1.165, 1.54) is 25.7 Å². The smallest absolute Gasteiger partial charge is 0.329 e. The Balaban J connectivity index is 2.18. The van der Waals surface area contributed by atoms with E-state index in [0.717, 1.165) is 13.1 Å². The van der Waals surface area contributed by atoms with Gasteiger partial charge in [0.05, 0.1) is 5.60 Å². The van der Waals surface area contributed by atoms with E-state index in [1.54, 1.807) is 0 Å². The Bertz CT molecular complexity index is 249. The molecular weight excluding hydrogens is 218 g/mol. The summed E-state index contributed by atoms with van der Waals surface area (Å²) in [5.41, 5.74) is -0.253. The highest BCUT2D eigenvalue weighted by atomic mass is 16.5. The summed E-state index contributed by atoms with van der Waals surface area (Å²) in [5.74, 6) is -0.888. The van der Waals surface area contributed by atoms with Crippen molar-refractivity contribution in [3.05, 3.63) is 0 Å². The Morgan fingerprint density at radius 2 is 2.12 bits per heavy atom. The van der Waals surface area contributed by atoms with Gasteiger partial charge in [-0.25, -0.2) is 4.79 Å². The molecule has 0 aromatic rings. The lowest BCUT2D eigenvalue weighted by molar-refractivity contribution is -0.169. The minimum atomic E-state index is -0.888. The molecule has 1 atom stereocenters. The number of rotatable bonds is 8. The normalized spacial score (nSPS) is 20.9. The molecule has 4 heteroatoms. The summed E-state index contributed by atoms with van der Waals surface area (Å²) in [5, 5.41) is 8.58. The van der Waals surface area contributed by atoms with Gasteiger partial charge >= 0.3 is 5.97 Å². The maximum Gasteiger partial charge on any atom is 0.329 e. The molecule has 1 rings (SSSR count). The van der Waals surface area contributed by atoms with Crippen LogP contribution in [0.25, 0.3) is 0 Å². The van der Waals surface area contributed by atoms with Crippen molar-refractivity contribution < 1.29 is 14.6 Å². The van der Waals surface area contributed by atoms with E-state index in [0.29, 0.717) is 6.04 Å². The molecule has 1 aliphatic heterocycles. The van der Waals surface area contributed by atoms with Crippen molar-refractivity contribution in [2.45, 2.75) is 58.1 Å². The molecule has 1 N–H and O–H groups in total. The molecule has 0 aromatic carbocycles. The number of nitrogens with zero attached hydrogens (tertiary/aromatic N) is 1. The van der Waals surface area contributed by atoms with Crippen LogP contribution in [0.15, 0.2) is 0 Å². The van der Waals surface area contributed by atoms with E-state index < -0.39 is 5.97 Å². The molecular formula is C13H25NO3. The van der Waals surface area contributed by atoms with Crippen LogP contribution in [0.3, 0.4) is 0 Å². The van der Waals surface area contributed by atoms with Crippen LogP contribution in [0.5, 0.6) is 0 Å². The van der Waals surface area contributed by atoms with Crippen LogP contribution in [0.4, 0.5) is 0 Å². The molecule has 0 aliphatic carbocycles. The first-order valence-corrected chi connectivity index (χ1v) is 6.56. The van der Waals surface area contributed by atoms with Crippen LogP contribution in [0.1, 0.15) is 46.5 Å². The monoisotopic (exact) mass is 243 g/mol. The molecule has 0 saturated carbocycles. The van der Waals surface area contributed by atoms with E-state index in [-0.39, 0.29) is 12.2 Å². The Kier molecular flexibility index (Phi) is 5.40. The molecule has 0 spiro atoms. The number of carboxylic acids is 1. The molecule has 1 unspecified atom stereocenters. The maximum atomic E-state index is 10.4. The van der Waals surface area contributed by atoms with Gasteiger partial charge in [-0.05, 0) is 20.3 Å².